The summed E-state index contributed by atoms with van der Waals surface area (Å²) in [5.41, 5.74) is 0. The Balaban J connectivity index is 0. The second-order valence-electron chi connectivity index (χ2n) is 10.1. The minimum absolute atomic E-state index is 0.121. The molecule has 0 saturated heterocycles. The van der Waals surface area contributed by atoms with Gasteiger partial charge in [-0.15, -0.1) is 0 Å². The molecule has 0 atom stereocenters. The van der Waals surface area contributed by atoms with E-state index in [1.165, 1.54) is 0 Å². The van der Waals surface area contributed by atoms with Gasteiger partial charge in [0.2, 0.25) is 0 Å². The van der Waals surface area contributed by atoms with Crippen molar-refractivity contribution in [2.24, 2.45) is 0 Å². The SMILES string of the molecule is C[C](C)(C)[Sn]([Br])([Br])[C](C)(C)C.C[C](C)(C)[Sn]([Cl])([Cl])[C](C)(C)C. The molecule has 0 N–H and O–H groups in total. The first kappa shape index (κ1) is 27.4. The summed E-state index contributed by atoms with van der Waals surface area (Å²) in [7, 11) is 12.9. The van der Waals surface area contributed by atoms with E-state index in [2.05, 4.69) is 108 Å². The second kappa shape index (κ2) is 8.44. The van der Waals surface area contributed by atoms with Gasteiger partial charge in [-0.3, -0.25) is 0 Å². The molecule has 0 bridgehead atoms. The molecule has 0 saturated carbocycles. The second-order valence-corrected chi connectivity index (χ2v) is 65.8. The Kier molecular flexibility index (Phi) is 10.5. The fourth-order valence-electron chi connectivity index (χ4n) is 2.25. The Bertz CT molecular complexity index is 286. The number of rotatable bonds is 0. The van der Waals surface area contributed by atoms with Crippen molar-refractivity contribution in [1.29, 1.82) is 0 Å². The van der Waals surface area contributed by atoms with Gasteiger partial charge < -0.3 is 0 Å². The van der Waals surface area contributed by atoms with Crippen LogP contribution < -0.4 is 0 Å². The normalized spacial score (nSPS) is 15.3. The van der Waals surface area contributed by atoms with E-state index in [4.69, 9.17) is 17.8 Å². The molecule has 0 radical (unpaired) electrons. The molecule has 0 aromatic rings. The predicted octanol–water partition coefficient (Wildman–Crippen LogP) is 9.32. The van der Waals surface area contributed by atoms with E-state index in [1.54, 1.807) is 0 Å². The third kappa shape index (κ3) is 7.40. The van der Waals surface area contributed by atoms with Crippen molar-refractivity contribution in [3.05, 3.63) is 0 Å². The van der Waals surface area contributed by atoms with Gasteiger partial charge in [0, 0.05) is 0 Å². The first-order valence-corrected chi connectivity index (χ1v) is 33.5. The molecule has 0 spiro atoms. The molecule has 0 aromatic carbocycles. The average Bonchev–Trinajstić information content (AvgIpc) is 2.10. The van der Waals surface area contributed by atoms with Crippen LogP contribution in [0.15, 0.2) is 0 Å². The Hall–Kier alpha value is 3.14. The molecule has 0 rings (SSSR count). The quantitative estimate of drug-likeness (QED) is 0.222. The zero-order valence-corrected chi connectivity index (χ0v) is 26.9. The summed E-state index contributed by atoms with van der Waals surface area (Å²) in [4.78, 5) is 0. The zero-order chi connectivity index (χ0) is 19.0. The van der Waals surface area contributed by atoms with Gasteiger partial charge in [-0.25, -0.2) is 0 Å². The Morgan fingerprint density at radius 3 is 0.682 bits per heavy atom. The summed E-state index contributed by atoms with van der Waals surface area (Å²) >= 11 is 2.74. The molecule has 0 heterocycles. The molecule has 22 heavy (non-hydrogen) atoms. The summed E-state index contributed by atoms with van der Waals surface area (Å²) in [5, 5.41) is 0. The van der Waals surface area contributed by atoms with E-state index in [0.29, 0.717) is 6.86 Å². The van der Waals surface area contributed by atoms with Gasteiger partial charge in [0.25, 0.3) is 0 Å². The van der Waals surface area contributed by atoms with Crippen LogP contribution in [0.5, 0.6) is 0 Å². The third-order valence-electron chi connectivity index (χ3n) is 3.77. The molecule has 0 unspecified atom stereocenters. The van der Waals surface area contributed by atoms with Crippen molar-refractivity contribution in [2.45, 2.75) is 96.8 Å². The Morgan fingerprint density at radius 1 is 0.500 bits per heavy atom. The summed E-state index contributed by atoms with van der Waals surface area (Å²) < 4.78 is 1.09. The average molecular weight is 697 g/mol. The molecular formula is C16H36Br2Cl2Sn2. The van der Waals surface area contributed by atoms with Crippen molar-refractivity contribution in [3.8, 4) is 0 Å². The van der Waals surface area contributed by atoms with Crippen molar-refractivity contribution in [1.82, 2.24) is 0 Å². The molecule has 0 fully saturated rings. The van der Waals surface area contributed by atoms with Gasteiger partial charge in [-0.05, 0) is 0 Å². The van der Waals surface area contributed by atoms with Crippen LogP contribution in [-0.4, -0.2) is 30.1 Å². The topological polar surface area (TPSA) is 0 Å². The number of halogens is 4. The van der Waals surface area contributed by atoms with Crippen LogP contribution in [-0.2, 0) is 0 Å². The molecule has 0 aliphatic carbocycles. The van der Waals surface area contributed by atoms with E-state index in [1.807, 2.05) is 0 Å². The minimum atomic E-state index is -2.92. The van der Waals surface area contributed by atoms with Gasteiger partial charge in [0.1, 0.15) is 0 Å². The van der Waals surface area contributed by atoms with E-state index in [-0.39, 0.29) is 6.86 Å². The van der Waals surface area contributed by atoms with Crippen LogP contribution in [0.3, 0.4) is 0 Å². The zero-order valence-electron chi connectivity index (χ0n) is 16.5. The van der Waals surface area contributed by atoms with Crippen LogP contribution in [0.1, 0.15) is 83.1 Å². The third-order valence-corrected chi connectivity index (χ3v) is 72.4. The first-order valence-electron chi connectivity index (χ1n) is 7.76. The van der Waals surface area contributed by atoms with Gasteiger partial charge in [0.05, 0.1) is 0 Å². The van der Waals surface area contributed by atoms with E-state index in [9.17, 15) is 0 Å². The monoisotopic (exact) mass is 696 g/mol. The van der Waals surface area contributed by atoms with Crippen LogP contribution in [0.4, 0.5) is 0 Å². The molecule has 0 aromatic heterocycles. The van der Waals surface area contributed by atoms with Gasteiger partial charge >= 0.3 is 170 Å². The molecule has 0 aliphatic heterocycles. The number of hydrogen-bond acceptors (Lipinski definition) is 0. The summed E-state index contributed by atoms with van der Waals surface area (Å²) in [6.07, 6.45) is 0. The fraction of sp³-hybridized carbons (Fsp3) is 1.00. The summed E-state index contributed by atoms with van der Waals surface area (Å²) in [6, 6.07) is 0. The molecule has 6 heteroatoms. The summed E-state index contributed by atoms with van der Waals surface area (Å²) in [5.74, 6) is 0. The van der Waals surface area contributed by atoms with E-state index >= 15 is 0 Å². The van der Waals surface area contributed by atoms with Crippen molar-refractivity contribution >= 4 is 73.3 Å². The Labute approximate surface area is 167 Å². The van der Waals surface area contributed by atoms with Crippen LogP contribution in [0, 0.1) is 0 Å². The first-order chi connectivity index (χ1) is 9.00. The standard InChI is InChI=1S/4C4H9.2BrH.2ClH.2Sn/c4*1-4(2)3;;;;;;/h4*1-3H3;4*1H;;/q;;;;;;;;2*+2/p-4. The number of hydrogen-bond donors (Lipinski definition) is 0. The van der Waals surface area contributed by atoms with Gasteiger partial charge in [0.15, 0.2) is 0 Å². The van der Waals surface area contributed by atoms with Crippen LogP contribution in [0.2, 0.25) is 13.7 Å². The van der Waals surface area contributed by atoms with E-state index in [0.717, 1.165) is 0 Å². The van der Waals surface area contributed by atoms with Gasteiger partial charge in [-0.1, -0.05) is 0 Å². The van der Waals surface area contributed by atoms with Crippen molar-refractivity contribution in [2.75, 3.05) is 0 Å². The van der Waals surface area contributed by atoms with Gasteiger partial charge in [-0.2, -0.15) is 0 Å². The van der Waals surface area contributed by atoms with Crippen molar-refractivity contribution in [3.63, 3.8) is 0 Å². The summed E-state index contributed by atoms with van der Waals surface area (Å²) in [6.45, 7) is 26.8. The predicted molar refractivity (Wildman–Crippen MR) is 120 cm³/mol. The molecule has 0 aliphatic rings. The van der Waals surface area contributed by atoms with Crippen molar-refractivity contribution < 1.29 is 0 Å². The molecule has 0 amide bonds. The van der Waals surface area contributed by atoms with Crippen LogP contribution >= 0.6 is 43.3 Å². The fourth-order valence-corrected chi connectivity index (χ4v) is 15.1. The Morgan fingerprint density at radius 2 is 0.682 bits per heavy atom. The maximum atomic E-state index is 6.46. The molecular weight excluding hydrogens is 660 g/mol. The molecule has 136 valence electrons. The maximum absolute atomic E-state index is 6.46. The molecule has 0 nitrogen and oxygen atoms in total. The van der Waals surface area contributed by atoms with Crippen LogP contribution in [0.25, 0.3) is 0 Å². The van der Waals surface area contributed by atoms with E-state index < -0.39 is 30.1 Å².